The standard InChI is InChI=1S/C19H15NO5S2/c1-25-14-9-11(7-8-13(14)21)10-15-17(22)20(19(26)27-15)16(18(23)24)12-5-3-2-4-6-12/h2-10,16,21H,1H3,(H,23,24)/b15-10+/t16-/m0/s1. The SMILES string of the molecule is COc1cc(/C=C2/SC(=S)N([C@H](C(=O)O)c3ccccc3)C2=O)ccc1O. The number of thioether (sulfide) groups is 1. The van der Waals surface area contributed by atoms with Gasteiger partial charge in [-0.1, -0.05) is 60.4 Å². The van der Waals surface area contributed by atoms with Gasteiger partial charge in [-0.05, 0) is 29.3 Å². The Morgan fingerprint density at radius 1 is 1.26 bits per heavy atom. The van der Waals surface area contributed by atoms with E-state index in [1.165, 1.54) is 13.2 Å². The number of carbonyl (C=O) groups excluding carboxylic acids is 1. The van der Waals surface area contributed by atoms with Crippen LogP contribution in [0.3, 0.4) is 0 Å². The lowest BCUT2D eigenvalue weighted by Crippen LogP contribution is -2.37. The van der Waals surface area contributed by atoms with E-state index in [4.69, 9.17) is 17.0 Å². The highest BCUT2D eigenvalue weighted by Crippen LogP contribution is 2.39. The van der Waals surface area contributed by atoms with Gasteiger partial charge < -0.3 is 14.9 Å². The number of aliphatic carboxylic acids is 1. The van der Waals surface area contributed by atoms with Crippen LogP contribution < -0.4 is 4.74 Å². The number of nitrogens with zero attached hydrogens (tertiary/aromatic N) is 1. The molecule has 0 aromatic heterocycles. The smallest absolute Gasteiger partial charge is 0.331 e. The number of carboxylic acid groups (broad SMARTS) is 1. The molecule has 3 rings (SSSR count). The highest BCUT2D eigenvalue weighted by Gasteiger charge is 2.41. The maximum Gasteiger partial charge on any atom is 0.331 e. The van der Waals surface area contributed by atoms with Crippen LogP contribution in [0.15, 0.2) is 53.4 Å². The van der Waals surface area contributed by atoms with Crippen molar-refractivity contribution >= 4 is 46.3 Å². The monoisotopic (exact) mass is 401 g/mol. The minimum Gasteiger partial charge on any atom is -0.504 e. The summed E-state index contributed by atoms with van der Waals surface area (Å²) >= 11 is 6.31. The minimum absolute atomic E-state index is 0.0165. The zero-order chi connectivity index (χ0) is 19.6. The first-order chi connectivity index (χ1) is 12.9. The molecule has 0 unspecified atom stereocenters. The second-order valence-corrected chi connectivity index (χ2v) is 7.31. The Kier molecular flexibility index (Phi) is 5.48. The lowest BCUT2D eigenvalue weighted by Gasteiger charge is -2.23. The summed E-state index contributed by atoms with van der Waals surface area (Å²) in [7, 11) is 1.43. The van der Waals surface area contributed by atoms with Gasteiger partial charge in [0.1, 0.15) is 4.32 Å². The van der Waals surface area contributed by atoms with Crippen molar-refractivity contribution in [1.29, 1.82) is 0 Å². The van der Waals surface area contributed by atoms with E-state index in [1.807, 2.05) is 0 Å². The van der Waals surface area contributed by atoms with Gasteiger partial charge in [0.2, 0.25) is 0 Å². The first-order valence-electron chi connectivity index (χ1n) is 7.84. The zero-order valence-electron chi connectivity index (χ0n) is 14.2. The third-order valence-corrected chi connectivity index (χ3v) is 5.26. The van der Waals surface area contributed by atoms with E-state index >= 15 is 0 Å². The van der Waals surface area contributed by atoms with Crippen LogP contribution in [0.2, 0.25) is 0 Å². The Morgan fingerprint density at radius 2 is 1.96 bits per heavy atom. The van der Waals surface area contributed by atoms with Crippen molar-refractivity contribution in [3.8, 4) is 11.5 Å². The zero-order valence-corrected chi connectivity index (χ0v) is 15.8. The van der Waals surface area contributed by atoms with E-state index in [-0.39, 0.29) is 15.8 Å². The van der Waals surface area contributed by atoms with Gasteiger partial charge in [0, 0.05) is 0 Å². The summed E-state index contributed by atoms with van der Waals surface area (Å²) in [6.07, 6.45) is 1.59. The van der Waals surface area contributed by atoms with Crippen LogP contribution in [0.1, 0.15) is 17.2 Å². The van der Waals surface area contributed by atoms with Gasteiger partial charge in [-0.3, -0.25) is 9.69 Å². The quantitative estimate of drug-likeness (QED) is 0.586. The molecule has 0 aliphatic carbocycles. The van der Waals surface area contributed by atoms with Gasteiger partial charge in [-0.25, -0.2) is 4.79 Å². The Labute approximate surface area is 165 Å². The summed E-state index contributed by atoms with van der Waals surface area (Å²) < 4.78 is 5.24. The second-order valence-electron chi connectivity index (χ2n) is 5.63. The van der Waals surface area contributed by atoms with E-state index in [0.717, 1.165) is 16.7 Å². The van der Waals surface area contributed by atoms with Crippen LogP contribution in [-0.2, 0) is 9.59 Å². The molecule has 1 fully saturated rings. The second kappa shape index (κ2) is 7.81. The molecule has 1 amide bonds. The lowest BCUT2D eigenvalue weighted by atomic mass is 10.1. The van der Waals surface area contributed by atoms with Crippen molar-refractivity contribution in [2.45, 2.75) is 6.04 Å². The lowest BCUT2D eigenvalue weighted by molar-refractivity contribution is -0.145. The van der Waals surface area contributed by atoms with E-state index in [1.54, 1.807) is 48.5 Å². The molecule has 138 valence electrons. The molecule has 1 heterocycles. The van der Waals surface area contributed by atoms with Gasteiger partial charge in [0.25, 0.3) is 5.91 Å². The number of phenolic OH excluding ortho intramolecular Hbond substituents is 1. The Bertz CT molecular complexity index is 942. The van der Waals surface area contributed by atoms with Gasteiger partial charge in [0.05, 0.1) is 12.0 Å². The summed E-state index contributed by atoms with van der Waals surface area (Å²) in [5, 5.41) is 19.4. The molecular formula is C19H15NO5S2. The number of thiocarbonyl (C=S) groups is 1. The first-order valence-corrected chi connectivity index (χ1v) is 9.06. The van der Waals surface area contributed by atoms with Crippen molar-refractivity contribution in [3.05, 3.63) is 64.6 Å². The summed E-state index contributed by atoms with van der Waals surface area (Å²) in [5.74, 6) is -1.39. The number of carboxylic acids is 1. The topological polar surface area (TPSA) is 87.1 Å². The van der Waals surface area contributed by atoms with E-state index < -0.39 is 17.9 Å². The maximum absolute atomic E-state index is 12.9. The molecule has 2 aromatic rings. The van der Waals surface area contributed by atoms with Crippen molar-refractivity contribution in [2.24, 2.45) is 0 Å². The van der Waals surface area contributed by atoms with E-state index in [9.17, 15) is 19.8 Å². The van der Waals surface area contributed by atoms with E-state index in [2.05, 4.69) is 0 Å². The number of ether oxygens (including phenoxy) is 1. The molecule has 27 heavy (non-hydrogen) atoms. The fourth-order valence-electron chi connectivity index (χ4n) is 2.68. The number of hydrogen-bond donors (Lipinski definition) is 2. The van der Waals surface area contributed by atoms with Gasteiger partial charge in [-0.2, -0.15) is 0 Å². The predicted molar refractivity (Wildman–Crippen MR) is 106 cm³/mol. The van der Waals surface area contributed by atoms with Gasteiger partial charge >= 0.3 is 5.97 Å². The van der Waals surface area contributed by atoms with Crippen molar-refractivity contribution in [2.75, 3.05) is 7.11 Å². The molecule has 1 aliphatic rings. The summed E-state index contributed by atoms with van der Waals surface area (Å²) in [6.45, 7) is 0. The van der Waals surface area contributed by atoms with Crippen LogP contribution in [0.5, 0.6) is 11.5 Å². The molecule has 1 saturated heterocycles. The van der Waals surface area contributed by atoms with Crippen LogP contribution in [0.25, 0.3) is 6.08 Å². The molecule has 0 bridgehead atoms. The third kappa shape index (κ3) is 3.81. The summed E-state index contributed by atoms with van der Waals surface area (Å²) in [5.41, 5.74) is 1.09. The molecule has 8 heteroatoms. The van der Waals surface area contributed by atoms with Crippen LogP contribution in [0.4, 0.5) is 0 Å². The number of methoxy groups -OCH3 is 1. The molecule has 2 N–H and O–H groups in total. The fraction of sp³-hybridized carbons (Fsp3) is 0.105. The van der Waals surface area contributed by atoms with Crippen LogP contribution in [-0.4, -0.2) is 38.4 Å². The average molecular weight is 401 g/mol. The molecule has 6 nitrogen and oxygen atoms in total. The molecule has 1 atom stereocenters. The minimum atomic E-state index is -1.20. The van der Waals surface area contributed by atoms with Crippen LogP contribution >= 0.6 is 24.0 Å². The van der Waals surface area contributed by atoms with Crippen molar-refractivity contribution < 1.29 is 24.5 Å². The third-order valence-electron chi connectivity index (χ3n) is 3.93. The Morgan fingerprint density at radius 3 is 2.59 bits per heavy atom. The summed E-state index contributed by atoms with van der Waals surface area (Å²) in [6, 6.07) is 11.9. The molecule has 0 spiro atoms. The largest absolute Gasteiger partial charge is 0.504 e. The van der Waals surface area contributed by atoms with Crippen LogP contribution in [0, 0.1) is 0 Å². The molecular weight excluding hydrogens is 386 g/mol. The maximum atomic E-state index is 12.9. The first kappa shape index (κ1) is 18.9. The van der Waals surface area contributed by atoms with E-state index in [0.29, 0.717) is 16.0 Å². The number of carbonyl (C=O) groups is 2. The molecule has 1 aliphatic heterocycles. The number of benzene rings is 2. The average Bonchev–Trinajstić information content (AvgIpc) is 2.92. The molecule has 0 radical (unpaired) electrons. The Hall–Kier alpha value is -2.84. The normalized spacial score (nSPS) is 16.6. The van der Waals surface area contributed by atoms with Gasteiger partial charge in [0.15, 0.2) is 17.5 Å². The number of hydrogen-bond acceptors (Lipinski definition) is 6. The number of phenols is 1. The molecule has 0 saturated carbocycles. The summed E-state index contributed by atoms with van der Waals surface area (Å²) in [4.78, 5) is 26.1. The number of amides is 1. The Balaban J connectivity index is 1.96. The number of rotatable bonds is 5. The predicted octanol–water partition coefficient (Wildman–Crippen LogP) is 3.43. The fourth-order valence-corrected chi connectivity index (χ4v) is 3.99. The van der Waals surface area contributed by atoms with Crippen molar-refractivity contribution in [1.82, 2.24) is 4.90 Å². The molecule has 2 aromatic carbocycles. The van der Waals surface area contributed by atoms with Gasteiger partial charge in [-0.15, -0.1) is 0 Å². The number of aromatic hydroxyl groups is 1. The highest BCUT2D eigenvalue weighted by molar-refractivity contribution is 8.26. The van der Waals surface area contributed by atoms with Crippen molar-refractivity contribution in [3.63, 3.8) is 0 Å². The highest BCUT2D eigenvalue weighted by atomic mass is 32.2.